The number of hydrogen-bond acceptors (Lipinski definition) is 4. The average Bonchev–Trinajstić information content (AvgIpc) is 3.01. The molecule has 27 heavy (non-hydrogen) atoms. The lowest BCUT2D eigenvalue weighted by Gasteiger charge is -2.21. The van der Waals surface area contributed by atoms with Crippen molar-refractivity contribution in [2.45, 2.75) is 6.42 Å². The summed E-state index contributed by atoms with van der Waals surface area (Å²) in [6.45, 7) is 1.27. The summed E-state index contributed by atoms with van der Waals surface area (Å²) in [5.41, 5.74) is 0.822. The van der Waals surface area contributed by atoms with Gasteiger partial charge in [-0.25, -0.2) is 9.37 Å². The van der Waals surface area contributed by atoms with Crippen LogP contribution in [0.5, 0.6) is 0 Å². The van der Waals surface area contributed by atoms with Gasteiger partial charge in [0.1, 0.15) is 5.82 Å². The molecule has 1 heterocycles. The second-order valence-electron chi connectivity index (χ2n) is 6.20. The van der Waals surface area contributed by atoms with Crippen molar-refractivity contribution >= 4 is 56.6 Å². The minimum Gasteiger partial charge on any atom is -0.309 e. The molecule has 0 fully saturated rings. The predicted octanol–water partition coefficient (Wildman–Crippen LogP) is 5.11. The zero-order valence-corrected chi connectivity index (χ0v) is 17.4. The number of hydrogen-bond donors (Lipinski definition) is 0. The molecule has 0 aliphatic heterocycles. The van der Waals surface area contributed by atoms with Crippen LogP contribution in [0.2, 0.25) is 5.02 Å². The molecule has 3 aromatic rings. The van der Waals surface area contributed by atoms with Crippen molar-refractivity contribution in [3.05, 3.63) is 58.9 Å². The molecular weight excluding hydrogens is 408 g/mol. The molecule has 0 spiro atoms. The Morgan fingerprint density at radius 1 is 1.19 bits per heavy atom. The number of anilines is 1. The SMILES string of the molecule is CN(C)CCCN(C(=O)c1ccccc1F)c1nc2ccc(Cl)cc2s1.Cl. The van der Waals surface area contributed by atoms with Crippen LogP contribution in [0.4, 0.5) is 9.52 Å². The fourth-order valence-electron chi connectivity index (χ4n) is 2.61. The first-order chi connectivity index (χ1) is 12.5. The molecule has 4 nitrogen and oxygen atoms in total. The summed E-state index contributed by atoms with van der Waals surface area (Å²) < 4.78 is 15.0. The molecule has 2 aromatic carbocycles. The molecule has 1 aromatic heterocycles. The molecule has 0 unspecified atom stereocenters. The number of thiazole rings is 1. The Labute approximate surface area is 173 Å². The molecule has 144 valence electrons. The number of carbonyl (C=O) groups excluding carboxylic acids is 1. The monoisotopic (exact) mass is 427 g/mol. The van der Waals surface area contributed by atoms with Gasteiger partial charge in [-0.3, -0.25) is 9.69 Å². The van der Waals surface area contributed by atoms with Gasteiger partial charge in [0.15, 0.2) is 5.13 Å². The molecule has 0 atom stereocenters. The zero-order valence-electron chi connectivity index (χ0n) is 15.0. The maximum absolute atomic E-state index is 14.1. The number of nitrogens with zero attached hydrogens (tertiary/aromatic N) is 3. The van der Waals surface area contributed by atoms with E-state index in [4.69, 9.17) is 11.6 Å². The predicted molar refractivity (Wildman–Crippen MR) is 113 cm³/mol. The Balaban J connectivity index is 0.00000261. The highest BCUT2D eigenvalue weighted by Crippen LogP contribution is 2.31. The summed E-state index contributed by atoms with van der Waals surface area (Å²) in [7, 11) is 3.95. The van der Waals surface area contributed by atoms with E-state index >= 15 is 0 Å². The van der Waals surface area contributed by atoms with Gasteiger partial charge >= 0.3 is 0 Å². The van der Waals surface area contributed by atoms with E-state index in [1.807, 2.05) is 31.1 Å². The smallest absolute Gasteiger partial charge is 0.263 e. The van der Waals surface area contributed by atoms with Crippen LogP contribution in [0, 0.1) is 5.82 Å². The molecule has 0 radical (unpaired) electrons. The zero-order chi connectivity index (χ0) is 18.7. The largest absolute Gasteiger partial charge is 0.309 e. The third kappa shape index (κ3) is 5.17. The Kier molecular flexibility index (Phi) is 7.56. The molecule has 0 saturated carbocycles. The van der Waals surface area contributed by atoms with E-state index in [0.29, 0.717) is 16.7 Å². The second kappa shape index (κ2) is 9.46. The van der Waals surface area contributed by atoms with Gasteiger partial charge in [0.05, 0.1) is 15.8 Å². The molecule has 0 saturated heterocycles. The highest BCUT2D eigenvalue weighted by molar-refractivity contribution is 7.22. The maximum Gasteiger partial charge on any atom is 0.263 e. The van der Waals surface area contributed by atoms with Gasteiger partial charge in [-0.2, -0.15) is 0 Å². The first kappa shape index (κ1) is 21.6. The molecular formula is C19H20Cl2FN3OS. The van der Waals surface area contributed by atoms with Gasteiger partial charge in [-0.15, -0.1) is 12.4 Å². The Bertz CT molecular complexity index is 932. The van der Waals surface area contributed by atoms with Crippen molar-refractivity contribution in [1.82, 2.24) is 9.88 Å². The molecule has 0 N–H and O–H groups in total. The number of benzene rings is 2. The van der Waals surface area contributed by atoms with Crippen LogP contribution in [0.15, 0.2) is 42.5 Å². The summed E-state index contributed by atoms with van der Waals surface area (Å²) in [5.74, 6) is -0.911. The maximum atomic E-state index is 14.1. The van der Waals surface area contributed by atoms with Gasteiger partial charge in [0.2, 0.25) is 0 Å². The van der Waals surface area contributed by atoms with E-state index in [0.717, 1.165) is 23.2 Å². The second-order valence-corrected chi connectivity index (χ2v) is 7.65. The Morgan fingerprint density at radius 2 is 1.93 bits per heavy atom. The van der Waals surface area contributed by atoms with E-state index in [1.165, 1.54) is 23.5 Å². The van der Waals surface area contributed by atoms with Crippen molar-refractivity contribution in [3.8, 4) is 0 Å². The summed E-state index contributed by atoms with van der Waals surface area (Å²) >= 11 is 7.43. The number of carbonyl (C=O) groups is 1. The summed E-state index contributed by atoms with van der Waals surface area (Å²) in [5, 5.41) is 1.17. The fourth-order valence-corrected chi connectivity index (χ4v) is 3.88. The van der Waals surface area contributed by atoms with Crippen LogP contribution in [-0.4, -0.2) is 43.0 Å². The molecule has 1 amide bonds. The molecule has 0 aliphatic rings. The van der Waals surface area contributed by atoms with Crippen LogP contribution >= 0.6 is 35.3 Å². The quantitative estimate of drug-likeness (QED) is 0.548. The fraction of sp³-hybridized carbons (Fsp3) is 0.263. The van der Waals surface area contributed by atoms with Crippen LogP contribution in [0.25, 0.3) is 10.2 Å². The summed E-state index contributed by atoms with van der Waals surface area (Å²) in [6.07, 6.45) is 0.754. The minimum atomic E-state index is -0.528. The van der Waals surface area contributed by atoms with Crippen LogP contribution in [-0.2, 0) is 0 Å². The van der Waals surface area contributed by atoms with Gasteiger partial charge < -0.3 is 4.90 Å². The average molecular weight is 428 g/mol. The van der Waals surface area contributed by atoms with E-state index in [1.54, 1.807) is 23.1 Å². The molecule has 0 bridgehead atoms. The normalized spacial score (nSPS) is 10.9. The van der Waals surface area contributed by atoms with Crippen molar-refractivity contribution in [1.29, 1.82) is 0 Å². The number of fused-ring (bicyclic) bond motifs is 1. The van der Waals surface area contributed by atoms with Gasteiger partial charge in [0, 0.05) is 11.6 Å². The summed E-state index contributed by atoms with van der Waals surface area (Å²) in [4.78, 5) is 21.2. The highest BCUT2D eigenvalue weighted by Gasteiger charge is 2.23. The lowest BCUT2D eigenvalue weighted by atomic mass is 10.2. The Hall–Kier alpha value is -1.73. The van der Waals surface area contributed by atoms with Crippen LogP contribution in [0.3, 0.4) is 0 Å². The van der Waals surface area contributed by atoms with E-state index in [2.05, 4.69) is 4.98 Å². The van der Waals surface area contributed by atoms with Gasteiger partial charge in [-0.05, 0) is 57.4 Å². The number of rotatable bonds is 6. The lowest BCUT2D eigenvalue weighted by Crippen LogP contribution is -2.34. The molecule has 8 heteroatoms. The number of halogens is 3. The van der Waals surface area contributed by atoms with Crippen molar-refractivity contribution in [2.75, 3.05) is 32.1 Å². The van der Waals surface area contributed by atoms with Crippen molar-refractivity contribution in [3.63, 3.8) is 0 Å². The third-order valence-electron chi connectivity index (χ3n) is 3.91. The van der Waals surface area contributed by atoms with Gasteiger partial charge in [-0.1, -0.05) is 35.1 Å². The standard InChI is InChI=1S/C19H19ClFN3OS.ClH/c1-23(2)10-5-11-24(18(25)14-6-3-4-7-15(14)21)19-22-16-9-8-13(20)12-17(16)26-19;/h3-4,6-9,12H,5,10-11H2,1-2H3;1H. The first-order valence-corrected chi connectivity index (χ1v) is 9.42. The van der Waals surface area contributed by atoms with Crippen LogP contribution in [0.1, 0.15) is 16.8 Å². The number of aromatic nitrogens is 1. The number of amides is 1. The first-order valence-electron chi connectivity index (χ1n) is 8.23. The summed E-state index contributed by atoms with van der Waals surface area (Å²) in [6, 6.07) is 11.4. The van der Waals surface area contributed by atoms with E-state index in [9.17, 15) is 9.18 Å². The third-order valence-corrected chi connectivity index (χ3v) is 5.18. The van der Waals surface area contributed by atoms with Crippen molar-refractivity contribution < 1.29 is 9.18 Å². The van der Waals surface area contributed by atoms with Crippen molar-refractivity contribution in [2.24, 2.45) is 0 Å². The van der Waals surface area contributed by atoms with Crippen LogP contribution < -0.4 is 4.90 Å². The Morgan fingerprint density at radius 3 is 2.63 bits per heavy atom. The topological polar surface area (TPSA) is 36.4 Å². The minimum absolute atomic E-state index is 0. The van der Waals surface area contributed by atoms with E-state index in [-0.39, 0.29) is 23.9 Å². The lowest BCUT2D eigenvalue weighted by molar-refractivity contribution is 0.0982. The molecule has 0 aliphatic carbocycles. The highest BCUT2D eigenvalue weighted by atomic mass is 35.5. The van der Waals surface area contributed by atoms with E-state index < -0.39 is 5.82 Å². The molecule has 3 rings (SSSR count). The van der Waals surface area contributed by atoms with Gasteiger partial charge in [0.25, 0.3) is 5.91 Å².